The lowest BCUT2D eigenvalue weighted by atomic mass is 10.1. The Balaban J connectivity index is 1.87. The Labute approximate surface area is 144 Å². The second-order valence-electron chi connectivity index (χ2n) is 7.21. The molecule has 0 heterocycles. The fourth-order valence-electron chi connectivity index (χ4n) is 2.58. The number of hydrogen-bond acceptors (Lipinski definition) is 3. The van der Waals surface area contributed by atoms with E-state index in [0.29, 0.717) is 18.5 Å². The molecule has 0 radical (unpaired) electrons. The molecular weight excluding hydrogens is 302 g/mol. The van der Waals surface area contributed by atoms with E-state index in [0.717, 1.165) is 19.4 Å². The third-order valence-electron chi connectivity index (χ3n) is 4.29. The number of carbonyl (C=O) groups excluding carboxylic acids is 2. The average molecular weight is 331 g/mol. The summed E-state index contributed by atoms with van der Waals surface area (Å²) in [7, 11) is 0. The number of hydrogen-bond donors (Lipinski definition) is 2. The normalized spacial score (nSPS) is 14.1. The van der Waals surface area contributed by atoms with Crippen LogP contribution in [0.4, 0.5) is 4.79 Å². The van der Waals surface area contributed by atoms with Gasteiger partial charge in [-0.1, -0.05) is 32.0 Å². The predicted octanol–water partition coefficient (Wildman–Crippen LogP) is 2.75. The molecule has 0 aliphatic heterocycles. The Bertz CT molecular complexity index is 594. The van der Waals surface area contributed by atoms with Crippen LogP contribution in [-0.2, 0) is 11.3 Å². The van der Waals surface area contributed by atoms with Gasteiger partial charge in [-0.2, -0.15) is 0 Å². The SMILES string of the molecule is Cc1ccc(CN(CC(=O)NC(=O)NCC(C)C)C2CC2)cc1C. The zero-order chi connectivity index (χ0) is 17.7. The molecule has 1 aliphatic carbocycles. The maximum absolute atomic E-state index is 12.1. The van der Waals surface area contributed by atoms with E-state index < -0.39 is 6.03 Å². The monoisotopic (exact) mass is 331 g/mol. The number of amides is 3. The van der Waals surface area contributed by atoms with Gasteiger partial charge < -0.3 is 5.32 Å². The Morgan fingerprint density at radius 2 is 1.92 bits per heavy atom. The fourth-order valence-corrected chi connectivity index (χ4v) is 2.58. The van der Waals surface area contributed by atoms with Crippen molar-refractivity contribution in [1.82, 2.24) is 15.5 Å². The van der Waals surface area contributed by atoms with Crippen molar-refractivity contribution in [2.24, 2.45) is 5.92 Å². The third-order valence-corrected chi connectivity index (χ3v) is 4.29. The number of urea groups is 1. The van der Waals surface area contributed by atoms with Gasteiger partial charge in [0.25, 0.3) is 0 Å². The number of nitrogens with zero attached hydrogens (tertiary/aromatic N) is 1. The predicted molar refractivity (Wildman–Crippen MR) is 95.7 cm³/mol. The second-order valence-corrected chi connectivity index (χ2v) is 7.21. The van der Waals surface area contributed by atoms with Crippen molar-refractivity contribution < 1.29 is 9.59 Å². The summed E-state index contributed by atoms with van der Waals surface area (Å²) in [6.45, 7) is 9.79. The van der Waals surface area contributed by atoms with Gasteiger partial charge in [0.2, 0.25) is 5.91 Å². The lowest BCUT2D eigenvalue weighted by Crippen LogP contribution is -2.45. The van der Waals surface area contributed by atoms with Gasteiger partial charge in [0, 0.05) is 19.1 Å². The molecule has 1 saturated carbocycles. The Hall–Kier alpha value is -1.88. The largest absolute Gasteiger partial charge is 0.338 e. The van der Waals surface area contributed by atoms with Crippen LogP contribution in [0.5, 0.6) is 0 Å². The minimum absolute atomic E-state index is 0.244. The van der Waals surface area contributed by atoms with E-state index in [1.807, 2.05) is 13.8 Å². The molecule has 1 aromatic rings. The highest BCUT2D eigenvalue weighted by Crippen LogP contribution is 2.28. The van der Waals surface area contributed by atoms with Crippen LogP contribution in [-0.4, -0.2) is 36.0 Å². The summed E-state index contributed by atoms with van der Waals surface area (Å²) in [5, 5.41) is 5.13. The Morgan fingerprint density at radius 3 is 2.50 bits per heavy atom. The van der Waals surface area contributed by atoms with Crippen molar-refractivity contribution in [2.75, 3.05) is 13.1 Å². The van der Waals surface area contributed by atoms with Crippen molar-refractivity contribution in [3.63, 3.8) is 0 Å². The molecule has 5 nitrogen and oxygen atoms in total. The number of benzene rings is 1. The molecule has 2 rings (SSSR count). The van der Waals surface area contributed by atoms with Crippen LogP contribution in [0, 0.1) is 19.8 Å². The van der Waals surface area contributed by atoms with E-state index in [1.54, 1.807) is 0 Å². The molecule has 0 bridgehead atoms. The molecule has 3 amide bonds. The fraction of sp³-hybridized carbons (Fsp3) is 0.579. The third kappa shape index (κ3) is 5.96. The molecule has 24 heavy (non-hydrogen) atoms. The second kappa shape index (κ2) is 8.29. The highest BCUT2D eigenvalue weighted by Gasteiger charge is 2.30. The van der Waals surface area contributed by atoms with E-state index >= 15 is 0 Å². The van der Waals surface area contributed by atoms with E-state index in [4.69, 9.17) is 0 Å². The maximum atomic E-state index is 12.1. The summed E-state index contributed by atoms with van der Waals surface area (Å²) in [5.41, 5.74) is 3.75. The van der Waals surface area contributed by atoms with Gasteiger partial charge >= 0.3 is 6.03 Å². The van der Waals surface area contributed by atoms with Crippen LogP contribution in [0.15, 0.2) is 18.2 Å². The minimum atomic E-state index is -0.407. The summed E-state index contributed by atoms with van der Waals surface area (Å²) >= 11 is 0. The molecule has 0 atom stereocenters. The highest BCUT2D eigenvalue weighted by molar-refractivity contribution is 5.95. The summed E-state index contributed by atoms with van der Waals surface area (Å²) in [4.78, 5) is 26.0. The molecule has 0 aromatic heterocycles. The molecule has 0 spiro atoms. The van der Waals surface area contributed by atoms with E-state index in [-0.39, 0.29) is 12.5 Å². The number of carbonyl (C=O) groups is 2. The number of imide groups is 1. The van der Waals surface area contributed by atoms with Crippen molar-refractivity contribution >= 4 is 11.9 Å². The standard InChI is InChI=1S/C19H29N3O2/c1-13(2)10-20-19(24)21-18(23)12-22(17-7-8-17)11-16-6-5-14(3)15(4)9-16/h5-6,9,13,17H,7-8,10-12H2,1-4H3,(H2,20,21,23,24). The first-order valence-corrected chi connectivity index (χ1v) is 8.73. The van der Waals surface area contributed by atoms with Gasteiger partial charge in [-0.25, -0.2) is 4.79 Å². The van der Waals surface area contributed by atoms with Crippen LogP contribution in [0.25, 0.3) is 0 Å². The summed E-state index contributed by atoms with van der Waals surface area (Å²) < 4.78 is 0. The van der Waals surface area contributed by atoms with Crippen LogP contribution in [0.2, 0.25) is 0 Å². The smallest absolute Gasteiger partial charge is 0.321 e. The molecule has 2 N–H and O–H groups in total. The number of rotatable bonds is 7. The van der Waals surface area contributed by atoms with Gasteiger partial charge in [-0.3, -0.25) is 15.0 Å². The van der Waals surface area contributed by atoms with Gasteiger partial charge in [-0.05, 0) is 49.3 Å². The van der Waals surface area contributed by atoms with Crippen LogP contribution in [0.3, 0.4) is 0 Å². The first kappa shape index (κ1) is 18.5. The van der Waals surface area contributed by atoms with Crippen molar-refractivity contribution in [1.29, 1.82) is 0 Å². The summed E-state index contributed by atoms with van der Waals surface area (Å²) in [5.74, 6) is 0.116. The molecule has 0 unspecified atom stereocenters. The molecule has 0 saturated heterocycles. The molecule has 5 heteroatoms. The highest BCUT2D eigenvalue weighted by atomic mass is 16.2. The zero-order valence-electron chi connectivity index (χ0n) is 15.2. The zero-order valence-corrected chi connectivity index (χ0v) is 15.2. The van der Waals surface area contributed by atoms with Crippen LogP contribution in [0.1, 0.15) is 43.4 Å². The van der Waals surface area contributed by atoms with Gasteiger partial charge in [0.05, 0.1) is 6.54 Å². The van der Waals surface area contributed by atoms with E-state index in [9.17, 15) is 9.59 Å². The van der Waals surface area contributed by atoms with E-state index in [2.05, 4.69) is 47.6 Å². The maximum Gasteiger partial charge on any atom is 0.321 e. The van der Waals surface area contributed by atoms with Gasteiger partial charge in [0.15, 0.2) is 0 Å². The molecule has 132 valence electrons. The summed E-state index contributed by atoms with van der Waals surface area (Å²) in [6.07, 6.45) is 2.25. The average Bonchev–Trinajstić information content (AvgIpc) is 3.33. The lowest BCUT2D eigenvalue weighted by Gasteiger charge is -2.22. The molecular formula is C19H29N3O2. The first-order chi connectivity index (χ1) is 11.3. The summed E-state index contributed by atoms with van der Waals surface area (Å²) in [6, 6.07) is 6.46. The molecule has 1 fully saturated rings. The Kier molecular flexibility index (Phi) is 6.37. The first-order valence-electron chi connectivity index (χ1n) is 8.73. The number of nitrogens with one attached hydrogen (secondary N) is 2. The van der Waals surface area contributed by atoms with Crippen molar-refractivity contribution in [3.05, 3.63) is 34.9 Å². The molecule has 1 aliphatic rings. The topological polar surface area (TPSA) is 61.4 Å². The van der Waals surface area contributed by atoms with Gasteiger partial charge in [0.1, 0.15) is 0 Å². The van der Waals surface area contributed by atoms with Crippen molar-refractivity contribution in [2.45, 2.75) is 53.1 Å². The minimum Gasteiger partial charge on any atom is -0.338 e. The quantitative estimate of drug-likeness (QED) is 0.807. The lowest BCUT2D eigenvalue weighted by molar-refractivity contribution is -0.121. The van der Waals surface area contributed by atoms with Gasteiger partial charge in [-0.15, -0.1) is 0 Å². The van der Waals surface area contributed by atoms with E-state index in [1.165, 1.54) is 16.7 Å². The van der Waals surface area contributed by atoms with Crippen LogP contribution < -0.4 is 10.6 Å². The molecule has 1 aromatic carbocycles. The van der Waals surface area contributed by atoms with Crippen LogP contribution >= 0.6 is 0 Å². The number of aryl methyl sites for hydroxylation is 2. The van der Waals surface area contributed by atoms with Crippen molar-refractivity contribution in [3.8, 4) is 0 Å². The Morgan fingerprint density at radius 1 is 1.21 bits per heavy atom.